The van der Waals surface area contributed by atoms with E-state index in [0.717, 1.165) is 11.3 Å². The van der Waals surface area contributed by atoms with E-state index in [1.165, 1.54) is 0 Å². The van der Waals surface area contributed by atoms with Crippen LogP contribution in [0.15, 0.2) is 28.8 Å². The molecule has 0 saturated heterocycles. The highest BCUT2D eigenvalue weighted by Crippen LogP contribution is 2.21. The summed E-state index contributed by atoms with van der Waals surface area (Å²) in [7, 11) is 0. The molecular weight excluding hydrogens is 256 g/mol. The van der Waals surface area contributed by atoms with Gasteiger partial charge in [-0.3, -0.25) is 0 Å². The van der Waals surface area contributed by atoms with Crippen molar-refractivity contribution in [3.8, 4) is 11.4 Å². The van der Waals surface area contributed by atoms with E-state index >= 15 is 0 Å². The maximum atomic E-state index is 5.82. The molecular formula is C12H13ClN2OS. The number of hydrogen-bond donors (Lipinski definition) is 0. The Hall–Kier alpha value is -1.00. The summed E-state index contributed by atoms with van der Waals surface area (Å²) in [5.74, 6) is 2.02. The minimum Gasteiger partial charge on any atom is -0.338 e. The third-order valence-corrected chi connectivity index (χ3v) is 3.44. The first-order chi connectivity index (χ1) is 8.15. The van der Waals surface area contributed by atoms with Crippen molar-refractivity contribution >= 4 is 23.4 Å². The molecule has 1 heterocycles. The van der Waals surface area contributed by atoms with E-state index in [4.69, 9.17) is 16.1 Å². The molecule has 0 saturated carbocycles. The third kappa shape index (κ3) is 3.48. The highest BCUT2D eigenvalue weighted by atomic mass is 35.5. The summed E-state index contributed by atoms with van der Waals surface area (Å²) < 4.78 is 5.18. The van der Waals surface area contributed by atoms with Crippen molar-refractivity contribution in [2.24, 2.45) is 0 Å². The zero-order valence-electron chi connectivity index (χ0n) is 9.68. The lowest BCUT2D eigenvalue weighted by Gasteiger charge is -1.98. The molecule has 0 amide bonds. The van der Waals surface area contributed by atoms with Crippen LogP contribution in [0.3, 0.4) is 0 Å². The summed E-state index contributed by atoms with van der Waals surface area (Å²) in [5.41, 5.74) is 0.916. The first-order valence-corrected chi connectivity index (χ1v) is 6.78. The summed E-state index contributed by atoms with van der Waals surface area (Å²) >= 11 is 7.60. The van der Waals surface area contributed by atoms with Gasteiger partial charge in [0, 0.05) is 10.6 Å². The number of aromatic nitrogens is 2. The van der Waals surface area contributed by atoms with Crippen molar-refractivity contribution in [1.29, 1.82) is 0 Å². The summed E-state index contributed by atoms with van der Waals surface area (Å²) in [5, 5.41) is 5.21. The molecule has 2 rings (SSSR count). The fourth-order valence-electron chi connectivity index (χ4n) is 1.27. The molecule has 0 bridgehead atoms. The van der Waals surface area contributed by atoms with Crippen LogP contribution in [0.25, 0.3) is 11.4 Å². The normalized spacial score (nSPS) is 11.1. The van der Waals surface area contributed by atoms with E-state index in [1.807, 2.05) is 24.3 Å². The Morgan fingerprint density at radius 3 is 2.65 bits per heavy atom. The van der Waals surface area contributed by atoms with Gasteiger partial charge < -0.3 is 4.52 Å². The second kappa shape index (κ2) is 5.56. The fraction of sp³-hybridized carbons (Fsp3) is 0.333. The van der Waals surface area contributed by atoms with Gasteiger partial charge in [-0.2, -0.15) is 4.98 Å². The number of rotatable bonds is 4. The number of hydrogen-bond acceptors (Lipinski definition) is 4. The second-order valence-electron chi connectivity index (χ2n) is 3.88. The molecule has 0 unspecified atom stereocenters. The first kappa shape index (κ1) is 12.5. The quantitative estimate of drug-likeness (QED) is 0.839. The third-order valence-electron chi connectivity index (χ3n) is 2.11. The van der Waals surface area contributed by atoms with Crippen molar-refractivity contribution in [3.05, 3.63) is 35.2 Å². The van der Waals surface area contributed by atoms with E-state index in [0.29, 0.717) is 22.0 Å². The van der Waals surface area contributed by atoms with Gasteiger partial charge in [-0.05, 0) is 29.5 Å². The highest BCUT2D eigenvalue weighted by Gasteiger charge is 2.09. The van der Waals surface area contributed by atoms with Crippen molar-refractivity contribution in [1.82, 2.24) is 10.1 Å². The van der Waals surface area contributed by atoms with Gasteiger partial charge in [0.15, 0.2) is 0 Å². The summed E-state index contributed by atoms with van der Waals surface area (Å²) in [6, 6.07) is 7.39. The summed E-state index contributed by atoms with van der Waals surface area (Å²) in [4.78, 5) is 4.34. The van der Waals surface area contributed by atoms with Crippen LogP contribution in [-0.2, 0) is 5.75 Å². The van der Waals surface area contributed by atoms with Crippen molar-refractivity contribution < 1.29 is 4.52 Å². The van der Waals surface area contributed by atoms with Gasteiger partial charge in [-0.1, -0.05) is 30.6 Å². The SMILES string of the molecule is CC(C)SCc1nc(-c2ccc(Cl)cc2)no1. The molecule has 0 aliphatic rings. The Bertz CT molecular complexity index is 482. The molecule has 0 atom stereocenters. The fourth-order valence-corrected chi connectivity index (χ4v) is 1.99. The maximum Gasteiger partial charge on any atom is 0.236 e. The van der Waals surface area contributed by atoms with E-state index < -0.39 is 0 Å². The molecule has 5 heteroatoms. The molecule has 0 radical (unpaired) electrons. The molecule has 0 aliphatic heterocycles. The first-order valence-electron chi connectivity index (χ1n) is 5.35. The molecule has 90 valence electrons. The van der Waals surface area contributed by atoms with Gasteiger partial charge in [-0.25, -0.2) is 0 Å². The van der Waals surface area contributed by atoms with Crippen molar-refractivity contribution in [2.45, 2.75) is 24.9 Å². The van der Waals surface area contributed by atoms with Crippen molar-refractivity contribution in [3.63, 3.8) is 0 Å². The number of halogens is 1. The Labute approximate surface area is 110 Å². The van der Waals surface area contributed by atoms with Gasteiger partial charge in [0.25, 0.3) is 0 Å². The van der Waals surface area contributed by atoms with E-state index in [2.05, 4.69) is 24.0 Å². The Morgan fingerprint density at radius 2 is 2.00 bits per heavy atom. The Balaban J connectivity index is 2.10. The molecule has 3 nitrogen and oxygen atoms in total. The molecule has 1 aromatic carbocycles. The molecule has 0 fully saturated rings. The molecule has 17 heavy (non-hydrogen) atoms. The largest absolute Gasteiger partial charge is 0.338 e. The van der Waals surface area contributed by atoms with E-state index in [1.54, 1.807) is 11.8 Å². The van der Waals surface area contributed by atoms with Crippen LogP contribution in [0.4, 0.5) is 0 Å². The highest BCUT2D eigenvalue weighted by molar-refractivity contribution is 7.99. The lowest BCUT2D eigenvalue weighted by molar-refractivity contribution is 0.391. The maximum absolute atomic E-state index is 5.82. The van der Waals surface area contributed by atoms with Crippen LogP contribution in [0.2, 0.25) is 5.02 Å². The summed E-state index contributed by atoms with van der Waals surface area (Å²) in [6.45, 7) is 4.28. The topological polar surface area (TPSA) is 38.9 Å². The zero-order valence-corrected chi connectivity index (χ0v) is 11.3. The van der Waals surface area contributed by atoms with Gasteiger partial charge in [0.1, 0.15) is 0 Å². The lowest BCUT2D eigenvalue weighted by atomic mass is 10.2. The minimum atomic E-state index is 0.556. The van der Waals surface area contributed by atoms with Crippen LogP contribution < -0.4 is 0 Å². The number of nitrogens with zero attached hydrogens (tertiary/aromatic N) is 2. The van der Waals surface area contributed by atoms with Gasteiger partial charge in [0.05, 0.1) is 5.75 Å². The molecule has 2 aromatic rings. The van der Waals surface area contributed by atoms with Crippen LogP contribution in [-0.4, -0.2) is 15.4 Å². The Morgan fingerprint density at radius 1 is 1.29 bits per heavy atom. The van der Waals surface area contributed by atoms with Crippen LogP contribution in [0, 0.1) is 0 Å². The van der Waals surface area contributed by atoms with Crippen LogP contribution in [0.1, 0.15) is 19.7 Å². The average Bonchev–Trinajstić information content (AvgIpc) is 2.76. The second-order valence-corrected chi connectivity index (χ2v) is 5.88. The molecule has 1 aromatic heterocycles. The van der Waals surface area contributed by atoms with Gasteiger partial charge in [-0.15, -0.1) is 11.8 Å². The number of thioether (sulfide) groups is 1. The average molecular weight is 269 g/mol. The van der Waals surface area contributed by atoms with E-state index in [9.17, 15) is 0 Å². The van der Waals surface area contributed by atoms with Crippen LogP contribution >= 0.6 is 23.4 Å². The lowest BCUT2D eigenvalue weighted by Crippen LogP contribution is -1.89. The van der Waals surface area contributed by atoms with Crippen molar-refractivity contribution in [2.75, 3.05) is 0 Å². The smallest absolute Gasteiger partial charge is 0.236 e. The summed E-state index contributed by atoms with van der Waals surface area (Å²) in [6.07, 6.45) is 0. The molecule has 0 N–H and O–H groups in total. The van der Waals surface area contributed by atoms with E-state index in [-0.39, 0.29) is 0 Å². The van der Waals surface area contributed by atoms with Gasteiger partial charge in [0.2, 0.25) is 11.7 Å². The number of benzene rings is 1. The standard InChI is InChI=1S/C12H13ClN2OS/c1-8(2)17-7-11-14-12(15-16-11)9-3-5-10(13)6-4-9/h3-6,8H,7H2,1-2H3. The monoisotopic (exact) mass is 268 g/mol. The predicted molar refractivity (Wildman–Crippen MR) is 71.2 cm³/mol. The zero-order chi connectivity index (χ0) is 12.3. The molecule has 0 aliphatic carbocycles. The molecule has 0 spiro atoms. The predicted octanol–water partition coefficient (Wildman–Crippen LogP) is 4.03. The Kier molecular flexibility index (Phi) is 4.07. The van der Waals surface area contributed by atoms with Gasteiger partial charge >= 0.3 is 0 Å². The van der Waals surface area contributed by atoms with Crippen LogP contribution in [0.5, 0.6) is 0 Å². The minimum absolute atomic E-state index is 0.556.